The Labute approximate surface area is 166 Å². The summed E-state index contributed by atoms with van der Waals surface area (Å²) in [5, 5.41) is 5.17. The van der Waals surface area contributed by atoms with Gasteiger partial charge in [-0.3, -0.25) is 4.79 Å². The molecule has 5 rings (SSSR count). The maximum atomic E-state index is 13.1. The van der Waals surface area contributed by atoms with E-state index in [1.54, 1.807) is 18.7 Å². The third kappa shape index (κ3) is 3.27. The van der Waals surface area contributed by atoms with Gasteiger partial charge in [0.25, 0.3) is 5.91 Å². The average molecular weight is 380 g/mol. The summed E-state index contributed by atoms with van der Waals surface area (Å²) >= 11 is 0. The molecule has 0 unspecified atom stereocenters. The van der Waals surface area contributed by atoms with Crippen LogP contribution in [0.2, 0.25) is 0 Å². The summed E-state index contributed by atoms with van der Waals surface area (Å²) in [6.45, 7) is 0. The largest absolute Gasteiger partial charge is 0.472 e. The van der Waals surface area contributed by atoms with Crippen molar-refractivity contribution < 1.29 is 9.21 Å². The second-order valence-electron chi connectivity index (χ2n) is 6.54. The highest BCUT2D eigenvalue weighted by Crippen LogP contribution is 2.25. The fourth-order valence-corrected chi connectivity index (χ4v) is 3.23. The molecule has 0 bridgehead atoms. The molecular formula is C23H16N4O2. The molecule has 0 atom stereocenters. The number of carbonyl (C=O) groups is 1. The first-order valence-electron chi connectivity index (χ1n) is 9.13. The normalized spacial score (nSPS) is 10.9. The van der Waals surface area contributed by atoms with Crippen LogP contribution in [-0.2, 0) is 0 Å². The van der Waals surface area contributed by atoms with E-state index in [1.165, 1.54) is 4.79 Å². The van der Waals surface area contributed by atoms with E-state index in [-0.39, 0.29) is 5.91 Å². The molecule has 29 heavy (non-hydrogen) atoms. The summed E-state index contributed by atoms with van der Waals surface area (Å²) in [7, 11) is 0. The number of hydrogen-bond donors (Lipinski definition) is 1. The van der Waals surface area contributed by atoms with Crippen molar-refractivity contribution >= 4 is 16.8 Å². The van der Waals surface area contributed by atoms with Gasteiger partial charge in [0.05, 0.1) is 35.0 Å². The maximum Gasteiger partial charge on any atom is 0.272 e. The fourth-order valence-electron chi connectivity index (χ4n) is 3.23. The Bertz CT molecular complexity index is 1290. The van der Waals surface area contributed by atoms with Gasteiger partial charge in [-0.05, 0) is 24.3 Å². The van der Waals surface area contributed by atoms with Crippen molar-refractivity contribution in [3.05, 3.63) is 97.1 Å². The Kier molecular flexibility index (Phi) is 4.14. The van der Waals surface area contributed by atoms with Gasteiger partial charge in [0, 0.05) is 22.7 Å². The number of hydrogen-bond acceptors (Lipinski definition) is 4. The molecule has 1 amide bonds. The van der Waals surface area contributed by atoms with Crippen LogP contribution < -0.4 is 5.43 Å². The molecule has 6 heteroatoms. The Balaban J connectivity index is 1.52. The molecule has 5 aromatic rings. The zero-order valence-corrected chi connectivity index (χ0v) is 15.3. The van der Waals surface area contributed by atoms with E-state index < -0.39 is 0 Å². The third-order valence-corrected chi connectivity index (χ3v) is 4.65. The Morgan fingerprint density at radius 2 is 1.72 bits per heavy atom. The molecule has 1 N–H and O–H groups in total. The molecule has 3 heterocycles. The predicted molar refractivity (Wildman–Crippen MR) is 111 cm³/mol. The minimum absolute atomic E-state index is 0.261. The van der Waals surface area contributed by atoms with Crippen LogP contribution in [0.15, 0.2) is 95.9 Å². The Morgan fingerprint density at radius 3 is 2.55 bits per heavy atom. The number of fused-ring (bicyclic) bond motifs is 1. The van der Waals surface area contributed by atoms with Gasteiger partial charge in [-0.2, -0.15) is 9.89 Å². The molecule has 0 spiro atoms. The first-order chi connectivity index (χ1) is 14.3. The molecule has 0 saturated carbocycles. The summed E-state index contributed by atoms with van der Waals surface area (Å²) in [4.78, 5) is 19.2. The van der Waals surface area contributed by atoms with Crippen LogP contribution >= 0.6 is 0 Å². The van der Waals surface area contributed by atoms with Gasteiger partial charge in [0.2, 0.25) is 0 Å². The van der Waals surface area contributed by atoms with E-state index in [2.05, 4.69) is 10.5 Å². The van der Waals surface area contributed by atoms with Crippen LogP contribution in [0.25, 0.3) is 33.4 Å². The highest BCUT2D eigenvalue weighted by Gasteiger charge is 2.15. The molecule has 3 aromatic heterocycles. The molecule has 6 nitrogen and oxygen atoms in total. The number of para-hydroxylation sites is 1. The van der Waals surface area contributed by atoms with Gasteiger partial charge in [0.15, 0.2) is 0 Å². The lowest BCUT2D eigenvalue weighted by Crippen LogP contribution is -2.23. The summed E-state index contributed by atoms with van der Waals surface area (Å²) in [5.41, 5.74) is 7.37. The van der Waals surface area contributed by atoms with Gasteiger partial charge in [-0.25, -0.2) is 10.4 Å². The minimum atomic E-state index is -0.261. The molecular weight excluding hydrogens is 364 g/mol. The van der Waals surface area contributed by atoms with Crippen LogP contribution in [0.5, 0.6) is 0 Å². The van der Waals surface area contributed by atoms with E-state index in [0.29, 0.717) is 11.3 Å². The van der Waals surface area contributed by atoms with Crippen LogP contribution in [-0.4, -0.2) is 20.8 Å². The summed E-state index contributed by atoms with van der Waals surface area (Å²) < 4.78 is 5.09. The molecule has 2 aromatic carbocycles. The van der Waals surface area contributed by atoms with E-state index in [0.717, 1.165) is 27.7 Å². The molecule has 0 aliphatic rings. The Morgan fingerprint density at radius 1 is 0.897 bits per heavy atom. The number of benzene rings is 2. The fraction of sp³-hybridized carbons (Fsp3) is 0. The summed E-state index contributed by atoms with van der Waals surface area (Å²) in [6.07, 6.45) is 4.89. The average Bonchev–Trinajstić information content (AvgIpc) is 3.45. The van der Waals surface area contributed by atoms with Gasteiger partial charge in [0.1, 0.15) is 0 Å². The molecule has 140 valence electrons. The van der Waals surface area contributed by atoms with Gasteiger partial charge >= 0.3 is 0 Å². The van der Waals surface area contributed by atoms with E-state index in [9.17, 15) is 4.79 Å². The first kappa shape index (κ1) is 16.9. The van der Waals surface area contributed by atoms with Crippen molar-refractivity contribution in [1.82, 2.24) is 14.9 Å². The van der Waals surface area contributed by atoms with Gasteiger partial charge in [-0.15, -0.1) is 0 Å². The predicted octanol–water partition coefficient (Wildman–Crippen LogP) is 4.74. The van der Waals surface area contributed by atoms with Gasteiger partial charge in [-0.1, -0.05) is 48.5 Å². The number of nitrogens with one attached hydrogen (secondary N) is 1. The van der Waals surface area contributed by atoms with Crippen LogP contribution in [0.4, 0.5) is 0 Å². The summed E-state index contributed by atoms with van der Waals surface area (Å²) in [6, 6.07) is 22.9. The second kappa shape index (κ2) is 7.09. The highest BCUT2D eigenvalue weighted by atomic mass is 16.3. The molecule has 0 saturated heterocycles. The lowest BCUT2D eigenvalue weighted by molar-refractivity contribution is 0.101. The topological polar surface area (TPSA) is 73.0 Å². The van der Waals surface area contributed by atoms with E-state index >= 15 is 0 Å². The third-order valence-electron chi connectivity index (χ3n) is 4.65. The first-order valence-corrected chi connectivity index (χ1v) is 9.13. The smallest absolute Gasteiger partial charge is 0.272 e. The van der Waals surface area contributed by atoms with Crippen molar-refractivity contribution in [3.63, 3.8) is 0 Å². The number of carbonyl (C=O) groups excluding carboxylic acids is 1. The number of amides is 1. The SMILES string of the molecule is O=C(Nn1ccc(-c2ccoc2)n1)c1cc(-c2ccccc2)nc2ccccc12. The molecule has 0 fully saturated rings. The lowest BCUT2D eigenvalue weighted by Gasteiger charge is -2.10. The van der Waals surface area contributed by atoms with Crippen molar-refractivity contribution in [2.45, 2.75) is 0 Å². The monoisotopic (exact) mass is 380 g/mol. The lowest BCUT2D eigenvalue weighted by atomic mass is 10.0. The van der Waals surface area contributed by atoms with E-state index in [1.807, 2.05) is 72.8 Å². The quantitative estimate of drug-likeness (QED) is 0.489. The number of aromatic nitrogens is 3. The molecule has 0 radical (unpaired) electrons. The Hall–Kier alpha value is -4.19. The second-order valence-corrected chi connectivity index (χ2v) is 6.54. The standard InChI is InChI=1S/C23H16N4O2/c28-23(26-27-12-10-20(25-27)17-11-13-29-15-17)19-14-22(16-6-2-1-3-7-16)24-21-9-5-4-8-18(19)21/h1-15H,(H,26,28). The molecule has 0 aliphatic heterocycles. The number of nitrogens with zero attached hydrogens (tertiary/aromatic N) is 3. The van der Waals surface area contributed by atoms with E-state index in [4.69, 9.17) is 9.40 Å². The van der Waals surface area contributed by atoms with Crippen LogP contribution in [0, 0.1) is 0 Å². The number of furan rings is 1. The van der Waals surface area contributed by atoms with Crippen molar-refractivity contribution in [3.8, 4) is 22.5 Å². The number of pyridine rings is 1. The maximum absolute atomic E-state index is 13.1. The molecule has 0 aliphatic carbocycles. The minimum Gasteiger partial charge on any atom is -0.472 e. The van der Waals surface area contributed by atoms with Crippen molar-refractivity contribution in [2.24, 2.45) is 0 Å². The zero-order chi connectivity index (χ0) is 19.6. The highest BCUT2D eigenvalue weighted by molar-refractivity contribution is 6.10. The van der Waals surface area contributed by atoms with Crippen LogP contribution in [0.1, 0.15) is 10.4 Å². The zero-order valence-electron chi connectivity index (χ0n) is 15.3. The van der Waals surface area contributed by atoms with Crippen molar-refractivity contribution in [1.29, 1.82) is 0 Å². The number of rotatable bonds is 4. The van der Waals surface area contributed by atoms with Crippen LogP contribution in [0.3, 0.4) is 0 Å². The summed E-state index contributed by atoms with van der Waals surface area (Å²) in [5.74, 6) is -0.261. The van der Waals surface area contributed by atoms with Gasteiger partial charge < -0.3 is 4.42 Å². The van der Waals surface area contributed by atoms with Crippen molar-refractivity contribution in [2.75, 3.05) is 5.43 Å².